The second kappa shape index (κ2) is 8.79. The summed E-state index contributed by atoms with van der Waals surface area (Å²) in [4.78, 5) is 25.6. The maximum Gasteiger partial charge on any atom is 0.224 e. The van der Waals surface area contributed by atoms with Crippen LogP contribution in [0, 0.1) is 0 Å². The van der Waals surface area contributed by atoms with Crippen molar-refractivity contribution in [2.45, 2.75) is 38.5 Å². The molecular formula is C17H23ClN2O2. The molecule has 22 heavy (non-hydrogen) atoms. The largest absolute Gasteiger partial charge is 0.356 e. The number of nitrogens with one attached hydrogen (secondary N) is 1. The quantitative estimate of drug-likeness (QED) is 0.819. The van der Waals surface area contributed by atoms with E-state index >= 15 is 0 Å². The van der Waals surface area contributed by atoms with E-state index in [1.54, 1.807) is 12.1 Å². The van der Waals surface area contributed by atoms with Gasteiger partial charge in [0.15, 0.2) is 0 Å². The van der Waals surface area contributed by atoms with E-state index in [0.29, 0.717) is 24.4 Å². The van der Waals surface area contributed by atoms with Crippen molar-refractivity contribution in [3.8, 4) is 0 Å². The van der Waals surface area contributed by atoms with Gasteiger partial charge in [-0.1, -0.05) is 30.2 Å². The summed E-state index contributed by atoms with van der Waals surface area (Å²) in [5, 5.41) is 3.58. The highest BCUT2D eigenvalue weighted by atomic mass is 35.5. The predicted molar refractivity (Wildman–Crippen MR) is 87.8 cm³/mol. The van der Waals surface area contributed by atoms with Crippen molar-refractivity contribution in [3.63, 3.8) is 0 Å². The number of halogens is 1. The van der Waals surface area contributed by atoms with Crippen molar-refractivity contribution in [2.24, 2.45) is 0 Å². The van der Waals surface area contributed by atoms with E-state index in [1.807, 2.05) is 17.0 Å². The number of carbonyl (C=O) groups excluding carboxylic acids is 2. The Kier molecular flexibility index (Phi) is 6.72. The number of hydrogen-bond acceptors (Lipinski definition) is 2. The zero-order chi connectivity index (χ0) is 15.8. The van der Waals surface area contributed by atoms with Crippen molar-refractivity contribution >= 4 is 23.4 Å². The van der Waals surface area contributed by atoms with Gasteiger partial charge in [0.1, 0.15) is 0 Å². The van der Waals surface area contributed by atoms with E-state index in [-0.39, 0.29) is 11.8 Å². The van der Waals surface area contributed by atoms with Gasteiger partial charge < -0.3 is 10.2 Å². The molecule has 4 nitrogen and oxygen atoms in total. The van der Waals surface area contributed by atoms with E-state index in [2.05, 4.69) is 5.32 Å². The first-order valence-electron chi connectivity index (χ1n) is 7.94. The number of nitrogens with zero attached hydrogens (tertiary/aromatic N) is 1. The van der Waals surface area contributed by atoms with Crippen LogP contribution in [0.3, 0.4) is 0 Å². The molecular weight excluding hydrogens is 300 g/mol. The van der Waals surface area contributed by atoms with Gasteiger partial charge in [-0.05, 0) is 37.0 Å². The van der Waals surface area contributed by atoms with Crippen LogP contribution in [0.1, 0.15) is 37.7 Å². The second-order valence-electron chi connectivity index (χ2n) is 5.70. The molecule has 1 aromatic carbocycles. The van der Waals surface area contributed by atoms with Crippen LogP contribution in [0.2, 0.25) is 5.02 Å². The van der Waals surface area contributed by atoms with Crippen LogP contribution in [0.15, 0.2) is 24.3 Å². The van der Waals surface area contributed by atoms with Crippen molar-refractivity contribution in [1.29, 1.82) is 0 Å². The molecule has 2 amide bonds. The third-order valence-corrected chi connectivity index (χ3v) is 4.13. The number of benzene rings is 1. The highest BCUT2D eigenvalue weighted by Crippen LogP contribution is 2.11. The van der Waals surface area contributed by atoms with Crippen LogP contribution in [0.5, 0.6) is 0 Å². The standard InChI is InChI=1S/C17H23ClN2O2/c18-15-8-6-14(7-9-15)13-16(21)19-10-4-12-20-11-3-1-2-5-17(20)22/h6-9H,1-5,10-13H2,(H,19,21). The molecule has 1 aromatic rings. The van der Waals surface area contributed by atoms with E-state index < -0.39 is 0 Å². The summed E-state index contributed by atoms with van der Waals surface area (Å²) in [5.74, 6) is 0.259. The minimum Gasteiger partial charge on any atom is -0.356 e. The minimum absolute atomic E-state index is 0.00418. The van der Waals surface area contributed by atoms with Gasteiger partial charge in [-0.15, -0.1) is 0 Å². The van der Waals surface area contributed by atoms with Gasteiger partial charge >= 0.3 is 0 Å². The van der Waals surface area contributed by atoms with E-state index in [9.17, 15) is 9.59 Å². The molecule has 1 aliphatic heterocycles. The monoisotopic (exact) mass is 322 g/mol. The summed E-state index contributed by atoms with van der Waals surface area (Å²) in [6, 6.07) is 7.29. The summed E-state index contributed by atoms with van der Waals surface area (Å²) in [7, 11) is 0. The molecule has 1 aliphatic rings. The average molecular weight is 323 g/mol. The maximum absolute atomic E-state index is 11.8. The molecule has 0 aromatic heterocycles. The topological polar surface area (TPSA) is 49.4 Å². The van der Waals surface area contributed by atoms with Gasteiger partial charge in [-0.25, -0.2) is 0 Å². The van der Waals surface area contributed by atoms with Crippen molar-refractivity contribution in [2.75, 3.05) is 19.6 Å². The number of likely N-dealkylation sites (tertiary alicyclic amines) is 1. The first kappa shape index (κ1) is 16.8. The average Bonchev–Trinajstić information content (AvgIpc) is 2.71. The lowest BCUT2D eigenvalue weighted by Crippen LogP contribution is -2.34. The molecule has 0 radical (unpaired) electrons. The Morgan fingerprint density at radius 3 is 2.73 bits per heavy atom. The molecule has 0 bridgehead atoms. The molecule has 1 N–H and O–H groups in total. The maximum atomic E-state index is 11.8. The van der Waals surface area contributed by atoms with E-state index in [0.717, 1.165) is 44.3 Å². The Labute approximate surface area is 136 Å². The van der Waals surface area contributed by atoms with E-state index in [4.69, 9.17) is 11.6 Å². The molecule has 0 spiro atoms. The Balaban J connectivity index is 1.64. The normalized spacial score (nSPS) is 15.5. The van der Waals surface area contributed by atoms with Gasteiger partial charge in [0.2, 0.25) is 11.8 Å². The minimum atomic E-state index is 0.00418. The van der Waals surface area contributed by atoms with Crippen LogP contribution >= 0.6 is 11.6 Å². The smallest absolute Gasteiger partial charge is 0.224 e. The van der Waals surface area contributed by atoms with Crippen LogP contribution in [0.25, 0.3) is 0 Å². The zero-order valence-electron chi connectivity index (χ0n) is 12.8. The SMILES string of the molecule is O=C(Cc1ccc(Cl)cc1)NCCCN1CCCCCC1=O. The van der Waals surface area contributed by atoms with Crippen LogP contribution in [-0.4, -0.2) is 36.3 Å². The first-order valence-corrected chi connectivity index (χ1v) is 8.32. The van der Waals surface area contributed by atoms with Gasteiger partial charge in [-0.2, -0.15) is 0 Å². The molecule has 2 rings (SSSR count). The molecule has 120 valence electrons. The van der Waals surface area contributed by atoms with Crippen LogP contribution in [0.4, 0.5) is 0 Å². The molecule has 1 heterocycles. The predicted octanol–water partition coefficient (Wildman–Crippen LogP) is 2.79. The molecule has 1 fully saturated rings. The van der Waals surface area contributed by atoms with Gasteiger partial charge in [0, 0.05) is 31.1 Å². The highest BCUT2D eigenvalue weighted by molar-refractivity contribution is 6.30. The Hall–Kier alpha value is -1.55. The molecule has 0 aliphatic carbocycles. The summed E-state index contributed by atoms with van der Waals surface area (Å²) in [5.41, 5.74) is 0.949. The van der Waals surface area contributed by atoms with Crippen LogP contribution < -0.4 is 5.32 Å². The lowest BCUT2D eigenvalue weighted by molar-refractivity contribution is -0.130. The van der Waals surface area contributed by atoms with Crippen molar-refractivity contribution < 1.29 is 9.59 Å². The lowest BCUT2D eigenvalue weighted by Gasteiger charge is -2.20. The molecule has 5 heteroatoms. The fraction of sp³-hybridized carbons (Fsp3) is 0.529. The number of amides is 2. The first-order chi connectivity index (χ1) is 10.6. The zero-order valence-corrected chi connectivity index (χ0v) is 13.6. The molecule has 0 unspecified atom stereocenters. The second-order valence-corrected chi connectivity index (χ2v) is 6.13. The number of rotatable bonds is 6. The van der Waals surface area contributed by atoms with E-state index in [1.165, 1.54) is 0 Å². The van der Waals surface area contributed by atoms with Gasteiger partial charge in [0.25, 0.3) is 0 Å². The summed E-state index contributed by atoms with van der Waals surface area (Å²) in [6.07, 6.45) is 5.07. The molecule has 1 saturated heterocycles. The Morgan fingerprint density at radius 1 is 1.18 bits per heavy atom. The Bertz CT molecular complexity index is 502. The summed E-state index contributed by atoms with van der Waals surface area (Å²) >= 11 is 5.82. The molecule has 0 saturated carbocycles. The van der Waals surface area contributed by atoms with Crippen molar-refractivity contribution in [1.82, 2.24) is 10.2 Å². The van der Waals surface area contributed by atoms with Gasteiger partial charge in [0.05, 0.1) is 6.42 Å². The molecule has 0 atom stereocenters. The van der Waals surface area contributed by atoms with Crippen molar-refractivity contribution in [3.05, 3.63) is 34.9 Å². The lowest BCUT2D eigenvalue weighted by atomic mass is 10.1. The highest BCUT2D eigenvalue weighted by Gasteiger charge is 2.15. The summed E-state index contributed by atoms with van der Waals surface area (Å²) in [6.45, 7) is 2.20. The number of carbonyl (C=O) groups is 2. The fourth-order valence-corrected chi connectivity index (χ4v) is 2.75. The third kappa shape index (κ3) is 5.68. The van der Waals surface area contributed by atoms with Gasteiger partial charge in [-0.3, -0.25) is 9.59 Å². The van der Waals surface area contributed by atoms with Crippen LogP contribution in [-0.2, 0) is 16.0 Å². The number of hydrogen-bond donors (Lipinski definition) is 1. The fourth-order valence-electron chi connectivity index (χ4n) is 2.62. The summed E-state index contributed by atoms with van der Waals surface area (Å²) < 4.78 is 0. The third-order valence-electron chi connectivity index (χ3n) is 3.88. The Morgan fingerprint density at radius 2 is 1.95 bits per heavy atom.